The second-order valence-corrected chi connectivity index (χ2v) is 5.10. The van der Waals surface area contributed by atoms with E-state index >= 15 is 0 Å². The average molecular weight is 223 g/mol. The van der Waals surface area contributed by atoms with Crippen LogP contribution in [-0.2, 0) is 5.54 Å². The minimum Gasteiger partial charge on any atom is -0.322 e. The van der Waals surface area contributed by atoms with E-state index in [1.54, 1.807) is 19.1 Å². The lowest BCUT2D eigenvalue weighted by Crippen LogP contribution is -2.35. The molecule has 0 aromatic heterocycles. The molecule has 0 heterocycles. The number of hydrogen-bond donors (Lipinski definition) is 1. The first-order chi connectivity index (χ1) is 7.36. The largest absolute Gasteiger partial charge is 0.322 e. The highest BCUT2D eigenvalue weighted by Gasteiger charge is 2.23. The highest BCUT2D eigenvalue weighted by Crippen LogP contribution is 2.28. The predicted octanol–water partition coefficient (Wildman–Crippen LogP) is 3.74. The molecule has 0 radical (unpaired) electrons. The summed E-state index contributed by atoms with van der Waals surface area (Å²) in [6.07, 6.45) is 1.98. The van der Waals surface area contributed by atoms with Crippen molar-refractivity contribution in [3.63, 3.8) is 0 Å². The molecular weight excluding hydrogens is 201 g/mol. The third kappa shape index (κ3) is 3.05. The van der Waals surface area contributed by atoms with Gasteiger partial charge >= 0.3 is 0 Å². The lowest BCUT2D eigenvalue weighted by atomic mass is 9.83. The summed E-state index contributed by atoms with van der Waals surface area (Å²) in [5.41, 5.74) is 7.38. The molecule has 1 rings (SSSR count). The van der Waals surface area contributed by atoms with Gasteiger partial charge in [-0.2, -0.15) is 0 Å². The van der Waals surface area contributed by atoms with Crippen LogP contribution in [0.15, 0.2) is 18.2 Å². The van der Waals surface area contributed by atoms with Crippen molar-refractivity contribution in [1.82, 2.24) is 0 Å². The van der Waals surface area contributed by atoms with E-state index in [2.05, 4.69) is 13.8 Å². The highest BCUT2D eigenvalue weighted by atomic mass is 19.1. The van der Waals surface area contributed by atoms with Crippen LogP contribution in [0.1, 0.15) is 44.7 Å². The first-order valence-corrected chi connectivity index (χ1v) is 5.92. The molecule has 0 amide bonds. The van der Waals surface area contributed by atoms with Crippen molar-refractivity contribution in [1.29, 1.82) is 0 Å². The Labute approximate surface area is 97.9 Å². The van der Waals surface area contributed by atoms with Crippen molar-refractivity contribution in [2.75, 3.05) is 0 Å². The zero-order valence-corrected chi connectivity index (χ0v) is 10.7. The predicted molar refractivity (Wildman–Crippen MR) is 66.7 cm³/mol. The Bertz CT molecular complexity index is 358. The maximum atomic E-state index is 13.5. The van der Waals surface area contributed by atoms with Crippen molar-refractivity contribution in [3.05, 3.63) is 35.1 Å². The molecule has 1 aromatic carbocycles. The number of rotatable bonds is 4. The molecule has 2 heteroatoms. The smallest absolute Gasteiger partial charge is 0.126 e. The Hall–Kier alpha value is -0.890. The van der Waals surface area contributed by atoms with Crippen molar-refractivity contribution in [2.45, 2.75) is 46.1 Å². The molecular formula is C14H22FN. The van der Waals surface area contributed by atoms with Gasteiger partial charge in [-0.3, -0.25) is 0 Å². The van der Waals surface area contributed by atoms with Crippen molar-refractivity contribution in [3.8, 4) is 0 Å². The Morgan fingerprint density at radius 2 is 2.06 bits per heavy atom. The molecule has 2 N–H and O–H groups in total. The lowest BCUT2D eigenvalue weighted by Gasteiger charge is -2.28. The van der Waals surface area contributed by atoms with Gasteiger partial charge in [0.1, 0.15) is 5.82 Å². The van der Waals surface area contributed by atoms with Crippen LogP contribution < -0.4 is 5.73 Å². The average Bonchev–Trinajstić information content (AvgIpc) is 2.21. The molecule has 0 saturated heterocycles. The van der Waals surface area contributed by atoms with Crippen LogP contribution in [-0.4, -0.2) is 0 Å². The van der Waals surface area contributed by atoms with Crippen LogP contribution in [0.25, 0.3) is 0 Å². The zero-order chi connectivity index (χ0) is 12.3. The molecule has 0 aliphatic heterocycles. The second kappa shape index (κ2) is 4.96. The minimum absolute atomic E-state index is 0.168. The molecule has 1 aromatic rings. The summed E-state index contributed by atoms with van der Waals surface area (Å²) in [6, 6.07) is 5.30. The van der Waals surface area contributed by atoms with E-state index < -0.39 is 5.54 Å². The summed E-state index contributed by atoms with van der Waals surface area (Å²) in [5, 5.41) is 0. The number of halogens is 1. The van der Waals surface area contributed by atoms with Crippen LogP contribution in [0, 0.1) is 18.7 Å². The van der Waals surface area contributed by atoms with Gasteiger partial charge in [0, 0.05) is 5.54 Å². The van der Waals surface area contributed by atoms with Crippen LogP contribution in [0.2, 0.25) is 0 Å². The monoisotopic (exact) mass is 223 g/mol. The Balaban J connectivity index is 2.93. The van der Waals surface area contributed by atoms with Gasteiger partial charge < -0.3 is 5.73 Å². The van der Waals surface area contributed by atoms with Gasteiger partial charge in [0.25, 0.3) is 0 Å². The molecule has 0 aliphatic carbocycles. The number of hydrogen-bond acceptors (Lipinski definition) is 1. The van der Waals surface area contributed by atoms with Crippen LogP contribution >= 0.6 is 0 Å². The van der Waals surface area contributed by atoms with Gasteiger partial charge in [0.05, 0.1) is 0 Å². The maximum absolute atomic E-state index is 13.5. The summed E-state index contributed by atoms with van der Waals surface area (Å²) in [6.45, 7) is 8.07. The van der Waals surface area contributed by atoms with Gasteiger partial charge in [-0.1, -0.05) is 32.4 Å². The number of benzene rings is 1. The first kappa shape index (κ1) is 13.2. The van der Waals surface area contributed by atoms with Gasteiger partial charge in [0.15, 0.2) is 0 Å². The quantitative estimate of drug-likeness (QED) is 0.826. The fourth-order valence-electron chi connectivity index (χ4n) is 1.93. The van der Waals surface area contributed by atoms with E-state index in [1.165, 1.54) is 0 Å². The third-order valence-corrected chi connectivity index (χ3v) is 3.30. The summed E-state index contributed by atoms with van der Waals surface area (Å²) in [7, 11) is 0. The molecule has 0 spiro atoms. The SMILES string of the molecule is CCC(C)CC(C)(N)c1ccc(C)c(F)c1. The highest BCUT2D eigenvalue weighted by molar-refractivity contribution is 5.28. The zero-order valence-electron chi connectivity index (χ0n) is 10.7. The number of aryl methyl sites for hydroxylation is 1. The summed E-state index contributed by atoms with van der Waals surface area (Å²) < 4.78 is 13.5. The topological polar surface area (TPSA) is 26.0 Å². The normalized spacial score (nSPS) is 16.9. The summed E-state index contributed by atoms with van der Waals surface area (Å²) in [4.78, 5) is 0. The second-order valence-electron chi connectivity index (χ2n) is 5.10. The molecule has 2 unspecified atom stereocenters. The standard InChI is InChI=1S/C14H22FN/c1-5-10(2)9-14(4,16)12-7-6-11(3)13(15)8-12/h6-8,10H,5,9,16H2,1-4H3. The molecule has 0 fully saturated rings. The number of nitrogens with two attached hydrogens (primary N) is 1. The Morgan fingerprint density at radius 1 is 1.44 bits per heavy atom. The molecule has 90 valence electrons. The molecule has 0 bridgehead atoms. The summed E-state index contributed by atoms with van der Waals surface area (Å²) in [5.74, 6) is 0.387. The Morgan fingerprint density at radius 3 is 2.56 bits per heavy atom. The van der Waals surface area contributed by atoms with Crippen LogP contribution in [0.5, 0.6) is 0 Å². The molecule has 2 atom stereocenters. The minimum atomic E-state index is -0.441. The van der Waals surface area contributed by atoms with Gasteiger partial charge in [0.2, 0.25) is 0 Å². The fourth-order valence-corrected chi connectivity index (χ4v) is 1.93. The van der Waals surface area contributed by atoms with E-state index in [9.17, 15) is 4.39 Å². The van der Waals surface area contributed by atoms with Crippen molar-refractivity contribution < 1.29 is 4.39 Å². The van der Waals surface area contributed by atoms with E-state index in [-0.39, 0.29) is 5.82 Å². The van der Waals surface area contributed by atoms with E-state index in [4.69, 9.17) is 5.73 Å². The summed E-state index contributed by atoms with van der Waals surface area (Å²) >= 11 is 0. The fraction of sp³-hybridized carbons (Fsp3) is 0.571. The molecule has 1 nitrogen and oxygen atoms in total. The van der Waals surface area contributed by atoms with E-state index in [1.807, 2.05) is 13.0 Å². The van der Waals surface area contributed by atoms with Gasteiger partial charge in [-0.15, -0.1) is 0 Å². The van der Waals surface area contributed by atoms with Gasteiger partial charge in [-0.25, -0.2) is 4.39 Å². The van der Waals surface area contributed by atoms with Gasteiger partial charge in [-0.05, 0) is 43.4 Å². The Kier molecular flexibility index (Phi) is 4.09. The van der Waals surface area contributed by atoms with E-state index in [0.717, 1.165) is 18.4 Å². The van der Waals surface area contributed by atoms with Crippen molar-refractivity contribution in [2.24, 2.45) is 11.7 Å². The molecule has 16 heavy (non-hydrogen) atoms. The third-order valence-electron chi connectivity index (χ3n) is 3.30. The van der Waals surface area contributed by atoms with E-state index in [0.29, 0.717) is 11.5 Å². The van der Waals surface area contributed by atoms with Crippen LogP contribution in [0.4, 0.5) is 4.39 Å². The maximum Gasteiger partial charge on any atom is 0.126 e. The molecule has 0 saturated carbocycles. The van der Waals surface area contributed by atoms with Crippen LogP contribution in [0.3, 0.4) is 0 Å². The van der Waals surface area contributed by atoms with Crippen molar-refractivity contribution >= 4 is 0 Å². The molecule has 0 aliphatic rings. The lowest BCUT2D eigenvalue weighted by molar-refractivity contribution is 0.355. The first-order valence-electron chi connectivity index (χ1n) is 5.92.